The summed E-state index contributed by atoms with van der Waals surface area (Å²) in [5, 5.41) is 4.75. The van der Waals surface area contributed by atoms with Gasteiger partial charge in [-0.2, -0.15) is 13.2 Å². The topological polar surface area (TPSA) is 50.7 Å². The van der Waals surface area contributed by atoms with Crippen molar-refractivity contribution in [1.82, 2.24) is 14.8 Å². The van der Waals surface area contributed by atoms with Gasteiger partial charge < -0.3 is 0 Å². The molecule has 2 rings (SSSR count). The van der Waals surface area contributed by atoms with Gasteiger partial charge in [0.25, 0.3) is 0 Å². The number of hydrogen-bond donors (Lipinski definition) is 1. The first-order chi connectivity index (χ1) is 6.00. The van der Waals surface area contributed by atoms with Crippen molar-refractivity contribution in [2.75, 3.05) is 0 Å². The molecule has 1 N–H and O–H groups in total. The van der Waals surface area contributed by atoms with Gasteiger partial charge in [0, 0.05) is 6.04 Å². The number of aromatic nitrogens is 3. The van der Waals surface area contributed by atoms with Gasteiger partial charge in [-0.05, 0) is 12.8 Å². The summed E-state index contributed by atoms with van der Waals surface area (Å²) in [6.45, 7) is 0. The molecular formula is C6H6F3N3O. The third-order valence-corrected chi connectivity index (χ3v) is 1.87. The summed E-state index contributed by atoms with van der Waals surface area (Å²) < 4.78 is 37.3. The first-order valence-electron chi connectivity index (χ1n) is 3.74. The molecule has 1 aliphatic carbocycles. The van der Waals surface area contributed by atoms with E-state index in [0.717, 1.165) is 0 Å². The van der Waals surface area contributed by atoms with Crippen molar-refractivity contribution in [3.8, 4) is 0 Å². The van der Waals surface area contributed by atoms with Gasteiger partial charge in [-0.15, -0.1) is 5.10 Å². The Bertz CT molecular complexity index is 373. The van der Waals surface area contributed by atoms with Crippen LogP contribution < -0.4 is 5.69 Å². The van der Waals surface area contributed by atoms with Crippen molar-refractivity contribution in [1.29, 1.82) is 0 Å². The molecular weight excluding hydrogens is 187 g/mol. The minimum Gasteiger partial charge on any atom is -0.268 e. The number of nitrogens with zero attached hydrogens (tertiary/aromatic N) is 2. The van der Waals surface area contributed by atoms with Crippen molar-refractivity contribution in [2.45, 2.75) is 25.1 Å². The van der Waals surface area contributed by atoms with Gasteiger partial charge in [0.05, 0.1) is 0 Å². The van der Waals surface area contributed by atoms with Crippen LogP contribution in [0, 0.1) is 0 Å². The van der Waals surface area contributed by atoms with Gasteiger partial charge >= 0.3 is 11.9 Å². The number of rotatable bonds is 1. The highest BCUT2D eigenvalue weighted by molar-refractivity contribution is 4.98. The highest BCUT2D eigenvalue weighted by atomic mass is 19.4. The van der Waals surface area contributed by atoms with Crippen LogP contribution in [0.1, 0.15) is 24.7 Å². The predicted octanol–water partition coefficient (Wildman–Crippen LogP) is 0.925. The van der Waals surface area contributed by atoms with E-state index in [4.69, 9.17) is 0 Å². The fraction of sp³-hybridized carbons (Fsp3) is 0.667. The molecule has 0 atom stereocenters. The molecule has 0 aliphatic heterocycles. The van der Waals surface area contributed by atoms with Gasteiger partial charge in [0.1, 0.15) is 0 Å². The van der Waals surface area contributed by atoms with E-state index in [-0.39, 0.29) is 6.04 Å². The maximum absolute atomic E-state index is 12.2. The van der Waals surface area contributed by atoms with Gasteiger partial charge in [0.15, 0.2) is 0 Å². The Kier molecular flexibility index (Phi) is 1.52. The smallest absolute Gasteiger partial charge is 0.268 e. The zero-order chi connectivity index (χ0) is 9.64. The van der Waals surface area contributed by atoms with Crippen LogP contribution in [0.5, 0.6) is 0 Å². The Hall–Kier alpha value is -1.27. The first-order valence-corrected chi connectivity index (χ1v) is 3.74. The standard InChI is InChI=1S/C6H6F3N3O/c7-6(8,9)4-10-11-5(13)12(4)3-1-2-3/h3H,1-2H2,(H,11,13). The van der Waals surface area contributed by atoms with Gasteiger partial charge in [0.2, 0.25) is 5.82 Å². The summed E-state index contributed by atoms with van der Waals surface area (Å²) in [6.07, 6.45) is -3.33. The molecule has 0 aromatic carbocycles. The number of aromatic amines is 1. The molecule has 1 saturated carbocycles. The molecule has 72 valence electrons. The molecule has 1 heterocycles. The van der Waals surface area contributed by atoms with E-state index >= 15 is 0 Å². The van der Waals surface area contributed by atoms with Gasteiger partial charge in [-0.3, -0.25) is 4.57 Å². The Labute approximate surface area is 70.4 Å². The minimum absolute atomic E-state index is 0.317. The monoisotopic (exact) mass is 193 g/mol. The molecule has 13 heavy (non-hydrogen) atoms. The van der Waals surface area contributed by atoms with E-state index < -0.39 is 17.7 Å². The summed E-state index contributed by atoms with van der Waals surface area (Å²) in [5.74, 6) is -1.13. The summed E-state index contributed by atoms with van der Waals surface area (Å²) >= 11 is 0. The molecule has 0 unspecified atom stereocenters. The normalized spacial score (nSPS) is 17.8. The van der Waals surface area contributed by atoms with Crippen molar-refractivity contribution in [3.05, 3.63) is 16.3 Å². The van der Waals surface area contributed by atoms with Crippen LogP contribution in [-0.4, -0.2) is 14.8 Å². The molecule has 1 aliphatic rings. The predicted molar refractivity (Wildman–Crippen MR) is 36.1 cm³/mol. The average molecular weight is 193 g/mol. The Balaban J connectivity index is 2.51. The second-order valence-corrected chi connectivity index (χ2v) is 2.95. The number of hydrogen-bond acceptors (Lipinski definition) is 2. The van der Waals surface area contributed by atoms with E-state index in [2.05, 4.69) is 5.10 Å². The fourth-order valence-electron chi connectivity index (χ4n) is 1.18. The third-order valence-electron chi connectivity index (χ3n) is 1.87. The molecule has 1 fully saturated rings. The zero-order valence-electron chi connectivity index (χ0n) is 6.43. The Morgan fingerprint density at radius 2 is 2.08 bits per heavy atom. The summed E-state index contributed by atoms with van der Waals surface area (Å²) in [7, 11) is 0. The number of halogens is 3. The highest BCUT2D eigenvalue weighted by Gasteiger charge is 2.41. The average Bonchev–Trinajstić information content (AvgIpc) is 2.73. The molecule has 0 bridgehead atoms. The SMILES string of the molecule is O=c1[nH]nc(C(F)(F)F)n1C1CC1. The molecule has 7 heteroatoms. The van der Waals surface area contributed by atoms with Crippen molar-refractivity contribution in [2.24, 2.45) is 0 Å². The molecule has 0 radical (unpaired) electrons. The number of alkyl halides is 3. The lowest BCUT2D eigenvalue weighted by atomic mass is 10.5. The zero-order valence-corrected chi connectivity index (χ0v) is 6.43. The molecule has 0 saturated heterocycles. The lowest BCUT2D eigenvalue weighted by molar-refractivity contribution is -0.147. The van der Waals surface area contributed by atoms with E-state index in [1.165, 1.54) is 0 Å². The number of nitrogens with one attached hydrogen (secondary N) is 1. The summed E-state index contributed by atoms with van der Waals surface area (Å²) in [4.78, 5) is 10.9. The third kappa shape index (κ3) is 1.34. The Morgan fingerprint density at radius 3 is 2.54 bits per heavy atom. The van der Waals surface area contributed by atoms with Crippen LogP contribution in [0.2, 0.25) is 0 Å². The van der Waals surface area contributed by atoms with Crippen LogP contribution in [-0.2, 0) is 6.18 Å². The first kappa shape index (κ1) is 8.33. The summed E-state index contributed by atoms with van der Waals surface area (Å²) in [6, 6.07) is -0.317. The maximum Gasteiger partial charge on any atom is 0.451 e. The second kappa shape index (κ2) is 2.36. The number of H-pyrrole nitrogens is 1. The van der Waals surface area contributed by atoms with Crippen LogP contribution in [0.4, 0.5) is 13.2 Å². The minimum atomic E-state index is -4.55. The lowest BCUT2D eigenvalue weighted by Crippen LogP contribution is -2.22. The van der Waals surface area contributed by atoms with Crippen molar-refractivity contribution >= 4 is 0 Å². The van der Waals surface area contributed by atoms with Crippen molar-refractivity contribution in [3.63, 3.8) is 0 Å². The van der Waals surface area contributed by atoms with Gasteiger partial charge in [-0.1, -0.05) is 0 Å². The largest absolute Gasteiger partial charge is 0.451 e. The molecule has 0 spiro atoms. The molecule has 4 nitrogen and oxygen atoms in total. The van der Waals surface area contributed by atoms with Crippen LogP contribution in [0.25, 0.3) is 0 Å². The highest BCUT2D eigenvalue weighted by Crippen LogP contribution is 2.37. The van der Waals surface area contributed by atoms with Crippen LogP contribution in [0.15, 0.2) is 4.79 Å². The molecule has 1 aromatic heterocycles. The van der Waals surface area contributed by atoms with Crippen molar-refractivity contribution < 1.29 is 13.2 Å². The second-order valence-electron chi connectivity index (χ2n) is 2.95. The quantitative estimate of drug-likeness (QED) is 0.721. The van der Waals surface area contributed by atoms with E-state index in [9.17, 15) is 18.0 Å². The van der Waals surface area contributed by atoms with E-state index in [1.807, 2.05) is 0 Å². The molecule has 1 aromatic rings. The van der Waals surface area contributed by atoms with Crippen LogP contribution >= 0.6 is 0 Å². The van der Waals surface area contributed by atoms with E-state index in [1.54, 1.807) is 5.10 Å². The van der Waals surface area contributed by atoms with Crippen LogP contribution in [0.3, 0.4) is 0 Å². The van der Waals surface area contributed by atoms with E-state index in [0.29, 0.717) is 17.4 Å². The molecule has 0 amide bonds. The Morgan fingerprint density at radius 1 is 1.46 bits per heavy atom. The lowest BCUT2D eigenvalue weighted by Gasteiger charge is -2.05. The maximum atomic E-state index is 12.2. The van der Waals surface area contributed by atoms with Gasteiger partial charge in [-0.25, -0.2) is 9.89 Å². The fourth-order valence-corrected chi connectivity index (χ4v) is 1.18. The summed E-state index contributed by atoms with van der Waals surface area (Å²) in [5.41, 5.74) is -0.783.